The highest BCUT2D eigenvalue weighted by atomic mass is 15.1. The van der Waals surface area contributed by atoms with Crippen LogP contribution in [-0.4, -0.2) is 16.5 Å². The van der Waals surface area contributed by atoms with Crippen LogP contribution in [0.15, 0.2) is 36.9 Å². The van der Waals surface area contributed by atoms with E-state index in [-0.39, 0.29) is 0 Å². The van der Waals surface area contributed by atoms with Gasteiger partial charge in [0.2, 0.25) is 0 Å². The van der Waals surface area contributed by atoms with Gasteiger partial charge in [-0.25, -0.2) is 9.97 Å². The molecule has 0 bridgehead atoms. The van der Waals surface area contributed by atoms with E-state index in [1.807, 2.05) is 13.0 Å². The fourth-order valence-electron chi connectivity index (χ4n) is 1.87. The molecule has 0 aliphatic heterocycles. The molecular formula is C16H20N4. The van der Waals surface area contributed by atoms with Crippen molar-refractivity contribution in [1.82, 2.24) is 9.97 Å². The van der Waals surface area contributed by atoms with Crippen molar-refractivity contribution < 1.29 is 0 Å². The van der Waals surface area contributed by atoms with Crippen LogP contribution in [0.4, 0.5) is 17.3 Å². The van der Waals surface area contributed by atoms with Crippen LogP contribution >= 0.6 is 0 Å². The third-order valence-electron chi connectivity index (χ3n) is 3.04. The highest BCUT2D eigenvalue weighted by molar-refractivity contribution is 5.60. The largest absolute Gasteiger partial charge is 0.366 e. The van der Waals surface area contributed by atoms with Crippen molar-refractivity contribution in [2.24, 2.45) is 0 Å². The number of rotatable bonds is 5. The molecule has 0 aliphatic carbocycles. The molecule has 20 heavy (non-hydrogen) atoms. The van der Waals surface area contributed by atoms with Crippen molar-refractivity contribution in [3.05, 3.63) is 53.9 Å². The highest BCUT2D eigenvalue weighted by Gasteiger charge is 2.03. The Morgan fingerprint density at radius 1 is 1.05 bits per heavy atom. The first-order valence-corrected chi connectivity index (χ1v) is 6.63. The van der Waals surface area contributed by atoms with E-state index in [2.05, 4.69) is 59.2 Å². The summed E-state index contributed by atoms with van der Waals surface area (Å²) in [6.45, 7) is 10.4. The van der Waals surface area contributed by atoms with Gasteiger partial charge in [0.1, 0.15) is 17.5 Å². The van der Waals surface area contributed by atoms with Gasteiger partial charge in [-0.3, -0.25) is 0 Å². The van der Waals surface area contributed by atoms with Crippen molar-refractivity contribution >= 4 is 17.3 Å². The molecule has 0 amide bonds. The minimum atomic E-state index is 0.680. The van der Waals surface area contributed by atoms with E-state index in [1.54, 1.807) is 6.08 Å². The van der Waals surface area contributed by atoms with Crippen LogP contribution in [-0.2, 0) is 0 Å². The zero-order valence-electron chi connectivity index (χ0n) is 12.2. The van der Waals surface area contributed by atoms with Crippen molar-refractivity contribution in [3.8, 4) is 0 Å². The Morgan fingerprint density at radius 3 is 2.50 bits per heavy atom. The molecule has 0 unspecified atom stereocenters. The molecule has 4 heteroatoms. The van der Waals surface area contributed by atoms with Crippen LogP contribution < -0.4 is 10.6 Å². The highest BCUT2D eigenvalue weighted by Crippen LogP contribution is 2.20. The fourth-order valence-corrected chi connectivity index (χ4v) is 1.87. The molecule has 2 rings (SSSR count). The van der Waals surface area contributed by atoms with Crippen LogP contribution in [0, 0.1) is 20.8 Å². The second-order valence-corrected chi connectivity index (χ2v) is 4.78. The normalized spacial score (nSPS) is 10.2. The predicted octanol–water partition coefficient (Wildman–Crippen LogP) is 3.74. The van der Waals surface area contributed by atoms with Crippen LogP contribution in [0.3, 0.4) is 0 Å². The summed E-state index contributed by atoms with van der Waals surface area (Å²) in [5.74, 6) is 2.31. The average molecular weight is 268 g/mol. The molecule has 2 aromatic rings. The van der Waals surface area contributed by atoms with Crippen molar-refractivity contribution in [2.75, 3.05) is 17.2 Å². The lowest BCUT2D eigenvalue weighted by Gasteiger charge is -2.10. The van der Waals surface area contributed by atoms with Crippen LogP contribution in [0.1, 0.15) is 17.0 Å². The first-order valence-electron chi connectivity index (χ1n) is 6.63. The SMILES string of the molecule is C=CCNc1cc(Nc2ccc(C)c(C)c2)nc(C)n1. The number of aromatic nitrogens is 2. The Bertz CT molecular complexity index is 620. The molecule has 1 aromatic carbocycles. The summed E-state index contributed by atoms with van der Waals surface area (Å²) in [6, 6.07) is 8.16. The second-order valence-electron chi connectivity index (χ2n) is 4.78. The monoisotopic (exact) mass is 268 g/mol. The van der Waals surface area contributed by atoms with Crippen LogP contribution in [0.2, 0.25) is 0 Å². The van der Waals surface area contributed by atoms with Gasteiger partial charge in [-0.1, -0.05) is 12.1 Å². The van der Waals surface area contributed by atoms with Crippen molar-refractivity contribution in [1.29, 1.82) is 0 Å². The summed E-state index contributed by atoms with van der Waals surface area (Å²) < 4.78 is 0. The number of aryl methyl sites for hydroxylation is 3. The van der Waals surface area contributed by atoms with Gasteiger partial charge in [0.05, 0.1) is 0 Å². The van der Waals surface area contributed by atoms with E-state index < -0.39 is 0 Å². The van der Waals surface area contributed by atoms with Crippen LogP contribution in [0.25, 0.3) is 0 Å². The van der Waals surface area contributed by atoms with E-state index in [1.165, 1.54) is 11.1 Å². The number of anilines is 3. The lowest BCUT2D eigenvalue weighted by molar-refractivity contribution is 1.05. The molecule has 0 saturated heterocycles. The first-order chi connectivity index (χ1) is 9.58. The number of benzene rings is 1. The minimum Gasteiger partial charge on any atom is -0.366 e. The number of nitrogens with one attached hydrogen (secondary N) is 2. The summed E-state index contributed by atoms with van der Waals surface area (Å²) in [6.07, 6.45) is 1.80. The second kappa shape index (κ2) is 6.19. The fraction of sp³-hybridized carbons (Fsp3) is 0.250. The van der Waals surface area contributed by atoms with Gasteiger partial charge in [0.25, 0.3) is 0 Å². The first kappa shape index (κ1) is 14.1. The standard InChI is InChI=1S/C16H20N4/c1-5-8-17-15-10-16(19-13(4)18-15)20-14-7-6-11(2)12(3)9-14/h5-7,9-10H,1,8H2,2-4H3,(H2,17,18,19,20). The maximum absolute atomic E-state index is 4.40. The summed E-state index contributed by atoms with van der Waals surface area (Å²) in [5, 5.41) is 6.49. The lowest BCUT2D eigenvalue weighted by atomic mass is 10.1. The van der Waals surface area contributed by atoms with E-state index in [4.69, 9.17) is 0 Å². The quantitative estimate of drug-likeness (QED) is 0.811. The molecule has 1 aromatic heterocycles. The third-order valence-corrected chi connectivity index (χ3v) is 3.04. The maximum atomic E-state index is 4.40. The number of hydrogen-bond donors (Lipinski definition) is 2. The molecule has 2 N–H and O–H groups in total. The van der Waals surface area contributed by atoms with Crippen molar-refractivity contribution in [2.45, 2.75) is 20.8 Å². The van der Waals surface area contributed by atoms with E-state index in [0.29, 0.717) is 6.54 Å². The van der Waals surface area contributed by atoms with Gasteiger partial charge in [-0.05, 0) is 44.0 Å². The van der Waals surface area contributed by atoms with Crippen LogP contribution in [0.5, 0.6) is 0 Å². The molecule has 0 aliphatic rings. The Hall–Kier alpha value is -2.36. The molecule has 0 radical (unpaired) electrons. The van der Waals surface area contributed by atoms with Gasteiger partial charge in [0.15, 0.2) is 0 Å². The molecule has 0 spiro atoms. The summed E-state index contributed by atoms with van der Waals surface area (Å²) in [5.41, 5.74) is 3.56. The number of nitrogens with zero attached hydrogens (tertiary/aromatic N) is 2. The Labute approximate surface area is 120 Å². The Balaban J connectivity index is 2.21. The lowest BCUT2D eigenvalue weighted by Crippen LogP contribution is -2.04. The van der Waals surface area contributed by atoms with Gasteiger partial charge in [-0.15, -0.1) is 6.58 Å². The molecule has 4 nitrogen and oxygen atoms in total. The predicted molar refractivity (Wildman–Crippen MR) is 84.7 cm³/mol. The Kier molecular flexibility index (Phi) is 4.35. The van der Waals surface area contributed by atoms with Crippen molar-refractivity contribution in [3.63, 3.8) is 0 Å². The molecule has 1 heterocycles. The van der Waals surface area contributed by atoms with Gasteiger partial charge in [0, 0.05) is 18.3 Å². The summed E-state index contributed by atoms with van der Waals surface area (Å²) >= 11 is 0. The zero-order valence-corrected chi connectivity index (χ0v) is 12.2. The smallest absolute Gasteiger partial charge is 0.136 e. The van der Waals surface area contributed by atoms with Gasteiger partial charge < -0.3 is 10.6 Å². The summed E-state index contributed by atoms with van der Waals surface area (Å²) in [7, 11) is 0. The minimum absolute atomic E-state index is 0.680. The third kappa shape index (κ3) is 3.57. The molecule has 0 saturated carbocycles. The Morgan fingerprint density at radius 2 is 1.80 bits per heavy atom. The average Bonchev–Trinajstić information content (AvgIpc) is 2.40. The van der Waals surface area contributed by atoms with Gasteiger partial charge in [-0.2, -0.15) is 0 Å². The molecule has 0 fully saturated rings. The number of hydrogen-bond acceptors (Lipinski definition) is 4. The van der Waals surface area contributed by atoms with Gasteiger partial charge >= 0.3 is 0 Å². The summed E-state index contributed by atoms with van der Waals surface area (Å²) in [4.78, 5) is 8.74. The molecule has 0 atom stereocenters. The zero-order chi connectivity index (χ0) is 14.5. The molecular weight excluding hydrogens is 248 g/mol. The topological polar surface area (TPSA) is 49.8 Å². The van der Waals surface area contributed by atoms with E-state index >= 15 is 0 Å². The van der Waals surface area contributed by atoms with E-state index in [9.17, 15) is 0 Å². The van der Waals surface area contributed by atoms with E-state index in [0.717, 1.165) is 23.1 Å². The maximum Gasteiger partial charge on any atom is 0.136 e. The molecule has 104 valence electrons.